The molecule has 1 aromatic rings. The fraction of sp³-hybridized carbons (Fsp3) is 0.731. The van der Waals surface area contributed by atoms with Crippen LogP contribution in [0.15, 0.2) is 12.1 Å². The van der Waals surface area contributed by atoms with Crippen LogP contribution in [0, 0.1) is 23.2 Å². The molecule has 2 saturated carbocycles. The summed E-state index contributed by atoms with van der Waals surface area (Å²) < 4.78 is 12.3. The monoisotopic (exact) mass is 409 g/mol. The fourth-order valence-electron chi connectivity index (χ4n) is 8.11. The Morgan fingerprint density at radius 3 is 2.73 bits per heavy atom. The number of hydrogen-bond acceptors (Lipinski definition) is 4. The van der Waals surface area contributed by atoms with Crippen molar-refractivity contribution in [1.82, 2.24) is 4.90 Å². The second-order valence-corrected chi connectivity index (χ2v) is 11.1. The number of rotatable bonds is 4. The number of carbonyl (C=O) groups excluding carboxylic acids is 1. The standard InChI is InChI=1S/C26H35NO3/c1-5-17-21-18-13-16-9-10-19(29-4)22-20(16)26(21,24(30-22)23(28)25(17,2)3)11-12-27(18)14-15-7-6-8-15/h9-10,15,17-18,21,24H,5-8,11-14H2,1-4H3/t17-,18-,21+,24-,26-/m1/s1. The van der Waals surface area contributed by atoms with Crippen molar-refractivity contribution in [1.29, 1.82) is 0 Å². The summed E-state index contributed by atoms with van der Waals surface area (Å²) in [6, 6.07) is 4.84. The van der Waals surface area contributed by atoms with E-state index in [-0.39, 0.29) is 16.9 Å². The first-order chi connectivity index (χ1) is 14.4. The van der Waals surface area contributed by atoms with Crippen LogP contribution in [0.3, 0.4) is 0 Å². The molecule has 1 saturated heterocycles. The summed E-state index contributed by atoms with van der Waals surface area (Å²) >= 11 is 0. The lowest BCUT2D eigenvalue weighted by molar-refractivity contribution is -0.166. The quantitative estimate of drug-likeness (QED) is 0.740. The predicted octanol–water partition coefficient (Wildman–Crippen LogP) is 4.38. The lowest BCUT2D eigenvalue weighted by Crippen LogP contribution is -2.72. The SMILES string of the molecule is CC[C@@H]1[C@H]2[C@H]3Cc4ccc(OC)c5c4[C@@]2(CCN3CC2CCC2)[C@H](O5)C(=O)C1(C)C. The minimum atomic E-state index is -0.349. The van der Waals surface area contributed by atoms with Gasteiger partial charge in [0.05, 0.1) is 7.11 Å². The van der Waals surface area contributed by atoms with Crippen molar-refractivity contribution < 1.29 is 14.3 Å². The minimum Gasteiger partial charge on any atom is -0.493 e. The highest BCUT2D eigenvalue weighted by Gasteiger charge is 2.71. The molecule has 2 bridgehead atoms. The molecule has 162 valence electrons. The first kappa shape index (κ1) is 19.2. The van der Waals surface area contributed by atoms with Crippen molar-refractivity contribution in [2.45, 2.75) is 76.9 Å². The Morgan fingerprint density at radius 1 is 1.27 bits per heavy atom. The van der Waals surface area contributed by atoms with Gasteiger partial charge in [-0.05, 0) is 61.6 Å². The number of ether oxygens (including phenoxy) is 2. The molecular formula is C26H35NO3. The van der Waals surface area contributed by atoms with Crippen LogP contribution in [0.25, 0.3) is 0 Å². The van der Waals surface area contributed by atoms with Crippen LogP contribution in [0.2, 0.25) is 0 Å². The van der Waals surface area contributed by atoms with E-state index < -0.39 is 0 Å². The molecule has 0 unspecified atom stereocenters. The molecule has 6 rings (SSSR count). The molecule has 0 radical (unpaired) electrons. The maximum Gasteiger partial charge on any atom is 0.180 e. The molecule has 0 amide bonds. The molecule has 4 nitrogen and oxygen atoms in total. The third kappa shape index (κ3) is 2.14. The summed E-state index contributed by atoms with van der Waals surface area (Å²) in [6.07, 6.45) is 7.02. The third-order valence-corrected chi connectivity index (χ3v) is 9.71. The third-order valence-electron chi connectivity index (χ3n) is 9.71. The van der Waals surface area contributed by atoms with E-state index in [0.717, 1.165) is 43.2 Å². The molecule has 1 spiro atoms. The van der Waals surface area contributed by atoms with Gasteiger partial charge in [0.25, 0.3) is 0 Å². The zero-order valence-electron chi connectivity index (χ0n) is 18.9. The molecule has 5 aliphatic rings. The highest BCUT2D eigenvalue weighted by atomic mass is 16.5. The first-order valence-electron chi connectivity index (χ1n) is 12.1. The van der Waals surface area contributed by atoms with E-state index >= 15 is 0 Å². The Balaban J connectivity index is 1.55. The highest BCUT2D eigenvalue weighted by molar-refractivity contribution is 5.94. The van der Waals surface area contributed by atoms with Crippen LogP contribution in [0.1, 0.15) is 64.0 Å². The Kier molecular flexibility index (Phi) is 3.99. The van der Waals surface area contributed by atoms with Gasteiger partial charge in [-0.15, -0.1) is 0 Å². The van der Waals surface area contributed by atoms with Gasteiger partial charge in [0, 0.05) is 29.0 Å². The van der Waals surface area contributed by atoms with E-state index in [9.17, 15) is 4.79 Å². The van der Waals surface area contributed by atoms with Crippen LogP contribution in [0.4, 0.5) is 0 Å². The van der Waals surface area contributed by atoms with E-state index in [0.29, 0.717) is 23.7 Å². The topological polar surface area (TPSA) is 38.8 Å². The van der Waals surface area contributed by atoms with Crippen LogP contribution in [-0.2, 0) is 16.6 Å². The summed E-state index contributed by atoms with van der Waals surface area (Å²) in [5, 5.41) is 0. The number of likely N-dealkylation sites (tertiary alicyclic amines) is 1. The second kappa shape index (κ2) is 6.25. The molecule has 4 heteroatoms. The molecule has 30 heavy (non-hydrogen) atoms. The number of hydrogen-bond donors (Lipinski definition) is 0. The van der Waals surface area contributed by atoms with Gasteiger partial charge >= 0.3 is 0 Å². The number of benzene rings is 1. The number of ketones is 1. The number of Topliss-reactive ketones (excluding diaryl/α,β-unsaturated/α-hetero) is 1. The van der Waals surface area contributed by atoms with E-state index in [2.05, 4.69) is 37.8 Å². The van der Waals surface area contributed by atoms with Gasteiger partial charge in [-0.25, -0.2) is 0 Å². The molecule has 3 aliphatic carbocycles. The van der Waals surface area contributed by atoms with Crippen LogP contribution >= 0.6 is 0 Å². The molecule has 0 aromatic heterocycles. The Morgan fingerprint density at radius 2 is 2.07 bits per heavy atom. The zero-order chi connectivity index (χ0) is 20.8. The van der Waals surface area contributed by atoms with E-state index in [4.69, 9.17) is 9.47 Å². The van der Waals surface area contributed by atoms with Gasteiger partial charge in [0.2, 0.25) is 0 Å². The summed E-state index contributed by atoms with van der Waals surface area (Å²) in [6.45, 7) is 8.99. The molecule has 2 heterocycles. The summed E-state index contributed by atoms with van der Waals surface area (Å²) in [4.78, 5) is 16.7. The van der Waals surface area contributed by atoms with E-state index in [1.165, 1.54) is 36.9 Å². The maximum atomic E-state index is 13.9. The lowest BCUT2D eigenvalue weighted by Gasteiger charge is -2.63. The zero-order valence-corrected chi connectivity index (χ0v) is 18.9. The Bertz CT molecular complexity index is 904. The largest absolute Gasteiger partial charge is 0.493 e. The van der Waals surface area contributed by atoms with Crippen molar-refractivity contribution in [2.24, 2.45) is 23.2 Å². The van der Waals surface area contributed by atoms with Crippen LogP contribution < -0.4 is 9.47 Å². The van der Waals surface area contributed by atoms with E-state index in [1.807, 2.05) is 0 Å². The van der Waals surface area contributed by atoms with Gasteiger partial charge in [-0.3, -0.25) is 9.69 Å². The molecular weight excluding hydrogens is 374 g/mol. The van der Waals surface area contributed by atoms with Crippen LogP contribution in [0.5, 0.6) is 11.5 Å². The number of methoxy groups -OCH3 is 1. The van der Waals surface area contributed by atoms with Crippen molar-refractivity contribution in [3.63, 3.8) is 0 Å². The van der Waals surface area contributed by atoms with Crippen molar-refractivity contribution in [3.8, 4) is 11.5 Å². The fourth-order valence-corrected chi connectivity index (χ4v) is 8.11. The van der Waals surface area contributed by atoms with Gasteiger partial charge in [-0.1, -0.05) is 39.7 Å². The van der Waals surface area contributed by atoms with E-state index in [1.54, 1.807) is 7.11 Å². The first-order valence-corrected chi connectivity index (χ1v) is 12.1. The molecule has 0 N–H and O–H groups in total. The second-order valence-electron chi connectivity index (χ2n) is 11.1. The van der Waals surface area contributed by atoms with Gasteiger partial charge in [0.15, 0.2) is 23.4 Å². The summed E-state index contributed by atoms with van der Waals surface area (Å²) in [5.41, 5.74) is 2.22. The van der Waals surface area contributed by atoms with Gasteiger partial charge in [0.1, 0.15) is 0 Å². The van der Waals surface area contributed by atoms with Crippen LogP contribution in [-0.4, -0.2) is 43.0 Å². The normalized spacial score (nSPS) is 38.6. The Labute approximate surface area is 180 Å². The summed E-state index contributed by atoms with van der Waals surface area (Å²) in [7, 11) is 1.71. The van der Waals surface area contributed by atoms with Gasteiger partial charge < -0.3 is 9.47 Å². The Hall–Kier alpha value is -1.55. The average Bonchev–Trinajstić information content (AvgIpc) is 3.03. The van der Waals surface area contributed by atoms with Crippen molar-refractivity contribution in [3.05, 3.63) is 23.3 Å². The molecule has 5 atom stereocenters. The van der Waals surface area contributed by atoms with Crippen molar-refractivity contribution in [2.75, 3.05) is 20.2 Å². The number of nitrogens with zero attached hydrogens (tertiary/aromatic N) is 1. The predicted molar refractivity (Wildman–Crippen MR) is 116 cm³/mol. The maximum absolute atomic E-state index is 13.9. The summed E-state index contributed by atoms with van der Waals surface area (Å²) in [5.74, 6) is 3.73. The average molecular weight is 410 g/mol. The molecule has 3 fully saturated rings. The number of carbonyl (C=O) groups is 1. The molecule has 2 aliphatic heterocycles. The highest BCUT2D eigenvalue weighted by Crippen LogP contribution is 2.67. The smallest absolute Gasteiger partial charge is 0.180 e. The number of piperidine rings is 1. The molecule has 1 aromatic carbocycles. The lowest BCUT2D eigenvalue weighted by atomic mass is 9.43. The van der Waals surface area contributed by atoms with Gasteiger partial charge in [-0.2, -0.15) is 0 Å². The van der Waals surface area contributed by atoms with Crippen molar-refractivity contribution >= 4 is 5.78 Å². The minimum absolute atomic E-state index is 0.161.